The summed E-state index contributed by atoms with van der Waals surface area (Å²) in [6, 6.07) is 9.49. The molecular weight excluding hydrogens is 352 g/mol. The van der Waals surface area contributed by atoms with E-state index in [2.05, 4.69) is 4.57 Å². The molecule has 144 valence electrons. The van der Waals surface area contributed by atoms with Gasteiger partial charge >= 0.3 is 5.97 Å². The highest BCUT2D eigenvalue weighted by Crippen LogP contribution is 2.30. The van der Waals surface area contributed by atoms with Gasteiger partial charge in [-0.05, 0) is 57.7 Å². The van der Waals surface area contributed by atoms with Crippen molar-refractivity contribution in [3.05, 3.63) is 64.1 Å². The number of ether oxygens (including phenoxy) is 1. The standard InChI is InChI=1S/C23H24N2O3/c1-4-25-14(2)12-18(15(25)3)21(26)13-28-23(27)22-16-8-5-6-10-19(16)24-20-11-7-9-17(20)22/h5-6,8,10,12H,4,7,9,11,13H2,1-3H3. The number of fused-ring (bicyclic) bond motifs is 2. The Balaban J connectivity index is 1.61. The first kappa shape index (κ1) is 18.4. The summed E-state index contributed by atoms with van der Waals surface area (Å²) in [5.74, 6) is -0.606. The van der Waals surface area contributed by atoms with Crippen LogP contribution >= 0.6 is 0 Å². The Morgan fingerprint density at radius 2 is 1.96 bits per heavy atom. The number of pyridine rings is 1. The SMILES string of the molecule is CCn1c(C)cc(C(=O)COC(=O)c2c3c(nc4ccccc24)CCC3)c1C. The number of nitrogens with zero attached hydrogens (tertiary/aromatic N) is 2. The zero-order valence-corrected chi connectivity index (χ0v) is 16.5. The number of para-hydroxylation sites is 1. The number of carbonyl (C=O) groups is 2. The predicted octanol–water partition coefficient (Wildman–Crippen LogP) is 4.20. The van der Waals surface area contributed by atoms with Crippen LogP contribution in [0.3, 0.4) is 0 Å². The molecule has 2 heterocycles. The number of hydrogen-bond donors (Lipinski definition) is 0. The van der Waals surface area contributed by atoms with E-state index in [-0.39, 0.29) is 12.4 Å². The van der Waals surface area contributed by atoms with Gasteiger partial charge in [0, 0.05) is 34.6 Å². The van der Waals surface area contributed by atoms with E-state index in [1.807, 2.05) is 51.1 Å². The Kier molecular flexibility index (Phi) is 4.75. The maximum atomic E-state index is 13.0. The summed E-state index contributed by atoms with van der Waals surface area (Å²) in [5.41, 5.74) is 5.89. The van der Waals surface area contributed by atoms with Crippen molar-refractivity contribution in [2.75, 3.05) is 6.61 Å². The molecule has 0 fully saturated rings. The summed E-state index contributed by atoms with van der Waals surface area (Å²) in [6.07, 6.45) is 2.69. The highest BCUT2D eigenvalue weighted by atomic mass is 16.5. The molecule has 0 bridgehead atoms. The normalized spacial score (nSPS) is 13.0. The number of Topliss-reactive ketones (excluding diaryl/α,β-unsaturated/α-hetero) is 1. The Hall–Kier alpha value is -2.95. The van der Waals surface area contributed by atoms with E-state index in [0.717, 1.165) is 59.4 Å². The molecule has 5 nitrogen and oxygen atoms in total. The minimum atomic E-state index is -0.436. The minimum absolute atomic E-state index is 0.170. The third-order valence-corrected chi connectivity index (χ3v) is 5.65. The molecule has 2 aromatic heterocycles. The van der Waals surface area contributed by atoms with Crippen molar-refractivity contribution in [2.24, 2.45) is 0 Å². The third kappa shape index (κ3) is 3.01. The Labute approximate surface area is 164 Å². The first-order valence-electron chi connectivity index (χ1n) is 9.78. The zero-order chi connectivity index (χ0) is 19.8. The number of ketones is 1. The molecule has 0 saturated carbocycles. The van der Waals surface area contributed by atoms with Gasteiger partial charge < -0.3 is 9.30 Å². The molecule has 0 unspecified atom stereocenters. The number of aromatic nitrogens is 2. The maximum absolute atomic E-state index is 13.0. The average molecular weight is 376 g/mol. The van der Waals surface area contributed by atoms with Crippen molar-refractivity contribution in [2.45, 2.75) is 46.6 Å². The highest BCUT2D eigenvalue weighted by Gasteiger charge is 2.25. The molecule has 1 aromatic carbocycles. The van der Waals surface area contributed by atoms with Crippen molar-refractivity contribution in [3.8, 4) is 0 Å². The Bertz CT molecular complexity index is 1090. The summed E-state index contributed by atoms with van der Waals surface area (Å²) in [5, 5.41) is 0.796. The molecule has 0 aliphatic heterocycles. The van der Waals surface area contributed by atoms with E-state index >= 15 is 0 Å². The van der Waals surface area contributed by atoms with Crippen LogP contribution < -0.4 is 0 Å². The van der Waals surface area contributed by atoms with Crippen LogP contribution in [0.25, 0.3) is 10.9 Å². The topological polar surface area (TPSA) is 61.2 Å². The highest BCUT2D eigenvalue weighted by molar-refractivity contribution is 6.06. The molecule has 3 aromatic rings. The fraction of sp³-hybridized carbons (Fsp3) is 0.348. The smallest absolute Gasteiger partial charge is 0.339 e. The van der Waals surface area contributed by atoms with Crippen molar-refractivity contribution >= 4 is 22.7 Å². The second-order valence-corrected chi connectivity index (χ2v) is 7.31. The van der Waals surface area contributed by atoms with Crippen LogP contribution in [0.2, 0.25) is 0 Å². The van der Waals surface area contributed by atoms with E-state index in [0.29, 0.717) is 11.1 Å². The summed E-state index contributed by atoms with van der Waals surface area (Å²) in [7, 11) is 0. The van der Waals surface area contributed by atoms with Crippen molar-refractivity contribution in [1.29, 1.82) is 0 Å². The average Bonchev–Trinajstić information content (AvgIpc) is 3.27. The second-order valence-electron chi connectivity index (χ2n) is 7.31. The fourth-order valence-corrected chi connectivity index (χ4v) is 4.30. The van der Waals surface area contributed by atoms with E-state index in [1.54, 1.807) is 0 Å². The van der Waals surface area contributed by atoms with E-state index in [4.69, 9.17) is 9.72 Å². The van der Waals surface area contributed by atoms with Crippen LogP contribution in [0.4, 0.5) is 0 Å². The Morgan fingerprint density at radius 3 is 2.71 bits per heavy atom. The number of benzene rings is 1. The molecule has 0 spiro atoms. The minimum Gasteiger partial charge on any atom is -0.454 e. The molecule has 5 heteroatoms. The summed E-state index contributed by atoms with van der Waals surface area (Å²) < 4.78 is 7.57. The van der Waals surface area contributed by atoms with Gasteiger partial charge in [-0.15, -0.1) is 0 Å². The van der Waals surface area contributed by atoms with Gasteiger partial charge in [0.15, 0.2) is 6.61 Å². The van der Waals surface area contributed by atoms with E-state index in [9.17, 15) is 9.59 Å². The lowest BCUT2D eigenvalue weighted by molar-refractivity contribution is 0.0475. The van der Waals surface area contributed by atoms with Crippen LogP contribution in [0, 0.1) is 13.8 Å². The summed E-state index contributed by atoms with van der Waals surface area (Å²) in [6.45, 7) is 6.50. The lowest BCUT2D eigenvalue weighted by Crippen LogP contribution is -2.17. The predicted molar refractivity (Wildman–Crippen MR) is 108 cm³/mol. The molecule has 0 amide bonds. The zero-order valence-electron chi connectivity index (χ0n) is 16.5. The van der Waals surface area contributed by atoms with Crippen LogP contribution in [0.15, 0.2) is 30.3 Å². The number of hydrogen-bond acceptors (Lipinski definition) is 4. The van der Waals surface area contributed by atoms with Gasteiger partial charge in [-0.25, -0.2) is 4.79 Å². The first-order valence-corrected chi connectivity index (χ1v) is 9.78. The van der Waals surface area contributed by atoms with E-state index < -0.39 is 5.97 Å². The lowest BCUT2D eigenvalue weighted by Gasteiger charge is -2.12. The van der Waals surface area contributed by atoms with Crippen LogP contribution in [0.1, 0.15) is 56.7 Å². The monoisotopic (exact) mass is 376 g/mol. The number of esters is 1. The number of carbonyl (C=O) groups excluding carboxylic acids is 2. The van der Waals surface area contributed by atoms with E-state index in [1.165, 1.54) is 0 Å². The maximum Gasteiger partial charge on any atom is 0.339 e. The molecule has 0 atom stereocenters. The number of rotatable bonds is 5. The van der Waals surface area contributed by atoms with Crippen LogP contribution in [-0.4, -0.2) is 27.9 Å². The molecule has 0 radical (unpaired) electrons. The first-order chi connectivity index (χ1) is 13.5. The Morgan fingerprint density at radius 1 is 1.18 bits per heavy atom. The summed E-state index contributed by atoms with van der Waals surface area (Å²) >= 11 is 0. The van der Waals surface area contributed by atoms with Gasteiger partial charge in [0.05, 0.1) is 11.1 Å². The quantitative estimate of drug-likeness (QED) is 0.495. The van der Waals surface area contributed by atoms with Gasteiger partial charge in [-0.3, -0.25) is 9.78 Å². The summed E-state index contributed by atoms with van der Waals surface area (Å²) in [4.78, 5) is 30.3. The number of aryl methyl sites for hydroxylation is 2. The molecule has 4 rings (SSSR count). The van der Waals surface area contributed by atoms with Gasteiger partial charge in [-0.1, -0.05) is 18.2 Å². The van der Waals surface area contributed by atoms with Gasteiger partial charge in [0.1, 0.15) is 0 Å². The van der Waals surface area contributed by atoms with Gasteiger partial charge in [0.25, 0.3) is 0 Å². The largest absolute Gasteiger partial charge is 0.454 e. The fourth-order valence-electron chi connectivity index (χ4n) is 4.30. The van der Waals surface area contributed by atoms with Crippen LogP contribution in [-0.2, 0) is 24.1 Å². The third-order valence-electron chi connectivity index (χ3n) is 5.65. The molecular formula is C23H24N2O3. The van der Waals surface area contributed by atoms with Gasteiger partial charge in [0.2, 0.25) is 5.78 Å². The van der Waals surface area contributed by atoms with Crippen molar-refractivity contribution < 1.29 is 14.3 Å². The molecule has 0 N–H and O–H groups in total. The van der Waals surface area contributed by atoms with Crippen molar-refractivity contribution in [3.63, 3.8) is 0 Å². The lowest BCUT2D eigenvalue weighted by atomic mass is 10.0. The second kappa shape index (κ2) is 7.23. The molecule has 0 saturated heterocycles. The van der Waals surface area contributed by atoms with Gasteiger partial charge in [-0.2, -0.15) is 0 Å². The van der Waals surface area contributed by atoms with Crippen molar-refractivity contribution in [1.82, 2.24) is 9.55 Å². The molecule has 28 heavy (non-hydrogen) atoms. The van der Waals surface area contributed by atoms with Crippen LogP contribution in [0.5, 0.6) is 0 Å². The molecule has 1 aliphatic carbocycles. The molecule has 1 aliphatic rings.